The van der Waals surface area contributed by atoms with E-state index in [0.29, 0.717) is 13.0 Å². The molecule has 2 aromatic rings. The van der Waals surface area contributed by atoms with Crippen molar-refractivity contribution >= 4 is 18.0 Å². The van der Waals surface area contributed by atoms with E-state index in [0.717, 1.165) is 24.0 Å². The molecule has 1 aliphatic heterocycles. The van der Waals surface area contributed by atoms with Crippen molar-refractivity contribution in [3.8, 4) is 11.1 Å². The zero-order valence-electron chi connectivity index (χ0n) is 18.4. The summed E-state index contributed by atoms with van der Waals surface area (Å²) < 4.78 is 5.65. The van der Waals surface area contributed by atoms with Crippen LogP contribution in [0.2, 0.25) is 0 Å². The Morgan fingerprint density at radius 1 is 1.00 bits per heavy atom. The van der Waals surface area contributed by atoms with E-state index in [2.05, 4.69) is 29.6 Å². The molecule has 2 aliphatic carbocycles. The number of carbonyl (C=O) groups is 3. The zero-order chi connectivity index (χ0) is 22.9. The van der Waals surface area contributed by atoms with Gasteiger partial charge in [0.05, 0.1) is 5.92 Å². The highest BCUT2D eigenvalue weighted by atomic mass is 16.5. The van der Waals surface area contributed by atoms with Crippen LogP contribution >= 0.6 is 0 Å². The summed E-state index contributed by atoms with van der Waals surface area (Å²) in [6.45, 7) is 0.937. The number of amides is 2. The molecule has 33 heavy (non-hydrogen) atoms. The van der Waals surface area contributed by atoms with Crippen molar-refractivity contribution in [3.63, 3.8) is 0 Å². The Bertz CT molecular complexity index is 1030. The molecule has 2 unspecified atom stereocenters. The number of ether oxygens (including phenoxy) is 1. The van der Waals surface area contributed by atoms with Gasteiger partial charge in [0.2, 0.25) is 5.91 Å². The topological polar surface area (TPSA) is 95.9 Å². The number of carboxylic acids is 1. The van der Waals surface area contributed by atoms with Crippen molar-refractivity contribution in [2.24, 2.45) is 11.8 Å². The Hall–Kier alpha value is -3.35. The third-order valence-electron chi connectivity index (χ3n) is 7.12. The van der Waals surface area contributed by atoms with Crippen LogP contribution in [0.3, 0.4) is 0 Å². The molecule has 2 atom stereocenters. The quantitative estimate of drug-likeness (QED) is 0.674. The Labute approximate surface area is 192 Å². The van der Waals surface area contributed by atoms with Crippen molar-refractivity contribution in [1.82, 2.24) is 10.2 Å². The Balaban J connectivity index is 1.19. The molecule has 0 spiro atoms. The van der Waals surface area contributed by atoms with Crippen LogP contribution in [0, 0.1) is 11.8 Å². The average Bonchev–Trinajstić information content (AvgIpc) is 3.45. The van der Waals surface area contributed by atoms with E-state index in [1.54, 1.807) is 4.90 Å². The first-order valence-corrected chi connectivity index (χ1v) is 11.6. The monoisotopic (exact) mass is 448 g/mol. The van der Waals surface area contributed by atoms with E-state index < -0.39 is 18.0 Å². The van der Waals surface area contributed by atoms with E-state index in [1.807, 2.05) is 24.3 Å². The molecule has 1 heterocycles. The molecular formula is C26H28N2O5. The molecule has 2 amide bonds. The molecular weight excluding hydrogens is 420 g/mol. The number of nitrogens with one attached hydrogen (secondary N) is 1. The highest BCUT2D eigenvalue weighted by molar-refractivity contribution is 5.81. The number of rotatable bonds is 7. The molecule has 172 valence electrons. The number of alkyl carbamates (subject to hydrolysis) is 1. The average molecular weight is 449 g/mol. The van der Waals surface area contributed by atoms with Gasteiger partial charge >= 0.3 is 12.1 Å². The molecule has 3 aliphatic rings. The standard InChI is InChI=1S/C26H28N2O5/c29-24(28-12-11-17(14-28)25(30)31)13-23(16-9-10-16)27-26(32)33-15-22-20-7-3-1-5-18(20)19-6-2-4-8-21(19)22/h1-8,16-17,22-23H,9-15H2,(H,27,32)(H,30,31). The van der Waals surface area contributed by atoms with E-state index >= 15 is 0 Å². The number of aliphatic carboxylic acids is 1. The highest BCUT2D eigenvalue weighted by Gasteiger charge is 2.37. The van der Waals surface area contributed by atoms with Gasteiger partial charge in [0, 0.05) is 31.5 Å². The number of hydrogen-bond donors (Lipinski definition) is 2. The van der Waals surface area contributed by atoms with Gasteiger partial charge in [-0.1, -0.05) is 48.5 Å². The van der Waals surface area contributed by atoms with Gasteiger partial charge in [-0.15, -0.1) is 0 Å². The number of nitrogens with zero attached hydrogens (tertiary/aromatic N) is 1. The fourth-order valence-electron chi connectivity index (χ4n) is 5.13. The summed E-state index contributed by atoms with van der Waals surface area (Å²) in [5.41, 5.74) is 4.66. The maximum absolute atomic E-state index is 12.7. The molecule has 0 aromatic heterocycles. The summed E-state index contributed by atoms with van der Waals surface area (Å²) >= 11 is 0. The first-order chi connectivity index (χ1) is 16.0. The van der Waals surface area contributed by atoms with Crippen LogP contribution < -0.4 is 5.32 Å². The first kappa shape index (κ1) is 21.5. The lowest BCUT2D eigenvalue weighted by Crippen LogP contribution is -2.42. The van der Waals surface area contributed by atoms with Crippen LogP contribution in [0.25, 0.3) is 11.1 Å². The molecule has 2 fully saturated rings. The lowest BCUT2D eigenvalue weighted by molar-refractivity contribution is -0.141. The maximum Gasteiger partial charge on any atom is 0.407 e. The van der Waals surface area contributed by atoms with Crippen LogP contribution in [0.4, 0.5) is 4.79 Å². The second-order valence-electron chi connectivity index (χ2n) is 9.28. The van der Waals surface area contributed by atoms with Gasteiger partial charge in [-0.2, -0.15) is 0 Å². The third kappa shape index (κ3) is 4.45. The van der Waals surface area contributed by atoms with E-state index in [9.17, 15) is 19.5 Å². The van der Waals surface area contributed by atoms with Crippen LogP contribution in [-0.2, 0) is 14.3 Å². The van der Waals surface area contributed by atoms with Crippen molar-refractivity contribution < 1.29 is 24.2 Å². The fourth-order valence-corrected chi connectivity index (χ4v) is 5.13. The predicted molar refractivity (Wildman–Crippen MR) is 122 cm³/mol. The van der Waals surface area contributed by atoms with E-state index in [-0.39, 0.29) is 43.4 Å². The van der Waals surface area contributed by atoms with Gasteiger partial charge < -0.3 is 20.1 Å². The molecule has 2 aromatic carbocycles. The van der Waals surface area contributed by atoms with Crippen molar-refractivity contribution in [2.75, 3.05) is 19.7 Å². The number of carboxylic acid groups (broad SMARTS) is 1. The Kier molecular flexibility index (Phi) is 5.79. The molecule has 0 radical (unpaired) electrons. The number of hydrogen-bond acceptors (Lipinski definition) is 4. The third-order valence-corrected chi connectivity index (χ3v) is 7.12. The van der Waals surface area contributed by atoms with Crippen LogP contribution in [0.15, 0.2) is 48.5 Å². The maximum atomic E-state index is 12.7. The van der Waals surface area contributed by atoms with Gasteiger partial charge in [-0.25, -0.2) is 4.79 Å². The summed E-state index contributed by atoms with van der Waals surface area (Å²) in [4.78, 5) is 38.2. The first-order valence-electron chi connectivity index (χ1n) is 11.6. The van der Waals surface area contributed by atoms with Crippen LogP contribution in [-0.4, -0.2) is 53.7 Å². The molecule has 7 heteroatoms. The Morgan fingerprint density at radius 3 is 2.21 bits per heavy atom. The van der Waals surface area contributed by atoms with Crippen molar-refractivity contribution in [3.05, 3.63) is 59.7 Å². The summed E-state index contributed by atoms with van der Waals surface area (Å²) in [5, 5.41) is 12.1. The largest absolute Gasteiger partial charge is 0.481 e. The van der Waals surface area contributed by atoms with Crippen molar-refractivity contribution in [2.45, 2.75) is 37.6 Å². The summed E-state index contributed by atoms with van der Waals surface area (Å²) in [6.07, 6.45) is 2.10. The number of fused-ring (bicyclic) bond motifs is 3. The second-order valence-corrected chi connectivity index (χ2v) is 9.28. The molecule has 2 N–H and O–H groups in total. The molecule has 1 saturated heterocycles. The van der Waals surface area contributed by atoms with Crippen LogP contribution in [0.5, 0.6) is 0 Å². The van der Waals surface area contributed by atoms with E-state index in [1.165, 1.54) is 11.1 Å². The molecule has 7 nitrogen and oxygen atoms in total. The number of carbonyl (C=O) groups excluding carboxylic acids is 2. The summed E-state index contributed by atoms with van der Waals surface area (Å²) in [5.74, 6) is -1.20. The number of likely N-dealkylation sites (tertiary alicyclic amines) is 1. The van der Waals surface area contributed by atoms with Crippen molar-refractivity contribution in [1.29, 1.82) is 0 Å². The van der Waals surface area contributed by atoms with Gasteiger partial charge in [0.1, 0.15) is 6.61 Å². The van der Waals surface area contributed by atoms with Gasteiger partial charge in [-0.3, -0.25) is 9.59 Å². The lowest BCUT2D eigenvalue weighted by atomic mass is 9.98. The van der Waals surface area contributed by atoms with Crippen LogP contribution in [0.1, 0.15) is 42.7 Å². The zero-order valence-corrected chi connectivity index (χ0v) is 18.4. The SMILES string of the molecule is O=C(NC(CC(=O)N1CCC(C(=O)O)C1)C1CC1)OCC1c2ccccc2-c2ccccc21. The van der Waals surface area contributed by atoms with Gasteiger partial charge in [0.25, 0.3) is 0 Å². The predicted octanol–water partition coefficient (Wildman–Crippen LogP) is 3.63. The van der Waals surface area contributed by atoms with Gasteiger partial charge in [0.15, 0.2) is 0 Å². The molecule has 5 rings (SSSR count). The molecule has 0 bridgehead atoms. The van der Waals surface area contributed by atoms with E-state index in [4.69, 9.17) is 4.74 Å². The second kappa shape index (κ2) is 8.89. The minimum absolute atomic E-state index is 0.0123. The minimum atomic E-state index is -0.860. The number of benzene rings is 2. The fraction of sp³-hybridized carbons (Fsp3) is 0.423. The molecule has 1 saturated carbocycles. The normalized spacial score (nSPS) is 20.1. The minimum Gasteiger partial charge on any atom is -0.481 e. The summed E-state index contributed by atoms with van der Waals surface area (Å²) in [6, 6.07) is 16.1. The highest BCUT2D eigenvalue weighted by Crippen LogP contribution is 2.44. The lowest BCUT2D eigenvalue weighted by Gasteiger charge is -2.22. The Morgan fingerprint density at radius 2 is 1.64 bits per heavy atom. The van der Waals surface area contributed by atoms with Gasteiger partial charge in [-0.05, 0) is 47.4 Å². The summed E-state index contributed by atoms with van der Waals surface area (Å²) in [7, 11) is 0. The smallest absolute Gasteiger partial charge is 0.407 e.